The molecule has 0 bridgehead atoms. The molecule has 8 nitrogen and oxygen atoms in total. The molecule has 1 amide bonds. The second-order valence-corrected chi connectivity index (χ2v) is 9.25. The van der Waals surface area contributed by atoms with Crippen molar-refractivity contribution in [3.8, 4) is 11.6 Å². The van der Waals surface area contributed by atoms with Gasteiger partial charge < -0.3 is 19.1 Å². The summed E-state index contributed by atoms with van der Waals surface area (Å²) in [5.41, 5.74) is 1.77. The van der Waals surface area contributed by atoms with E-state index in [1.165, 1.54) is 0 Å². The zero-order valence-electron chi connectivity index (χ0n) is 15.7. The summed E-state index contributed by atoms with van der Waals surface area (Å²) in [7, 11) is -1.34. The van der Waals surface area contributed by atoms with E-state index in [4.69, 9.17) is 14.2 Å². The van der Waals surface area contributed by atoms with Crippen LogP contribution in [0.15, 0.2) is 28.3 Å². The van der Waals surface area contributed by atoms with Crippen LogP contribution in [0, 0.1) is 0 Å². The molecular weight excluding hydrogens is 370 g/mol. The van der Waals surface area contributed by atoms with Gasteiger partial charge in [-0.15, -0.1) is 0 Å². The van der Waals surface area contributed by atoms with E-state index in [9.17, 15) is 9.00 Å². The number of hydrogen-bond donors (Lipinski definition) is 0. The Bertz CT molecular complexity index is 815. The maximum atomic E-state index is 12.9. The fourth-order valence-electron chi connectivity index (χ4n) is 3.28. The first-order valence-corrected chi connectivity index (χ1v) is 10.0. The highest BCUT2D eigenvalue weighted by molar-refractivity contribution is 7.82. The molecule has 1 aromatic heterocycles. The molecule has 4 heterocycles. The van der Waals surface area contributed by atoms with Gasteiger partial charge in [0.1, 0.15) is 29.8 Å². The van der Waals surface area contributed by atoms with Gasteiger partial charge in [0.05, 0.1) is 4.90 Å². The number of hydrogen-bond acceptors (Lipinski definition) is 6. The largest absolute Gasteiger partial charge is 0.484 e. The van der Waals surface area contributed by atoms with Crippen LogP contribution < -0.4 is 9.47 Å². The van der Waals surface area contributed by atoms with Gasteiger partial charge in [0.2, 0.25) is 0 Å². The molecule has 1 atom stereocenters. The number of ether oxygens (including phenoxy) is 3. The fraction of sp³-hybridized carbons (Fsp3) is 0.556. The first-order chi connectivity index (χ1) is 12.8. The van der Waals surface area contributed by atoms with Crippen molar-refractivity contribution in [3.63, 3.8) is 0 Å². The fourth-order valence-corrected chi connectivity index (χ4v) is 4.47. The van der Waals surface area contributed by atoms with E-state index >= 15 is 0 Å². The molecule has 0 spiro atoms. The maximum absolute atomic E-state index is 12.9. The minimum atomic E-state index is -1.34. The summed E-state index contributed by atoms with van der Waals surface area (Å²) in [4.78, 5) is 18.7. The Morgan fingerprint density at radius 1 is 1.15 bits per heavy atom. The topological polar surface area (TPSA) is 81.2 Å². The molecule has 9 heteroatoms. The number of nitrogens with zero attached hydrogens (tertiary/aromatic N) is 3. The van der Waals surface area contributed by atoms with Crippen LogP contribution in [0.4, 0.5) is 4.79 Å². The summed E-state index contributed by atoms with van der Waals surface area (Å²) in [6.45, 7) is 8.68. The standard InChI is InChI=1S/C18H23N3O5S/c1-18(2,3)26-17(22)20-8-12-10-21(11-13(12)9-20)27(23)14-6-15-16(19-7-14)25-5-4-24-15/h6-7H,4-5,8-11H2,1-3H3. The molecule has 146 valence electrons. The molecule has 3 aliphatic heterocycles. The van der Waals surface area contributed by atoms with E-state index in [-0.39, 0.29) is 6.09 Å². The lowest BCUT2D eigenvalue weighted by Gasteiger charge is -2.26. The molecule has 4 rings (SSSR count). The van der Waals surface area contributed by atoms with Crippen molar-refractivity contribution in [2.45, 2.75) is 31.3 Å². The number of carbonyl (C=O) groups excluding carboxylic acids is 1. The second-order valence-electron chi connectivity index (χ2n) is 7.76. The highest BCUT2D eigenvalue weighted by Crippen LogP contribution is 2.32. The molecule has 1 unspecified atom stereocenters. The van der Waals surface area contributed by atoms with Crippen LogP contribution in [0.1, 0.15) is 20.8 Å². The monoisotopic (exact) mass is 393 g/mol. The average molecular weight is 393 g/mol. The van der Waals surface area contributed by atoms with Gasteiger partial charge in [-0.25, -0.2) is 18.3 Å². The summed E-state index contributed by atoms with van der Waals surface area (Å²) in [6.07, 6.45) is 1.26. The molecule has 0 fully saturated rings. The third-order valence-corrected chi connectivity index (χ3v) is 5.81. The summed E-state index contributed by atoms with van der Waals surface area (Å²) < 4.78 is 31.2. The Morgan fingerprint density at radius 2 is 1.81 bits per heavy atom. The summed E-state index contributed by atoms with van der Waals surface area (Å²) in [6, 6.07) is 1.73. The summed E-state index contributed by atoms with van der Waals surface area (Å²) in [5, 5.41) is 0. The number of pyridine rings is 1. The molecule has 1 aromatic rings. The van der Waals surface area contributed by atoms with Gasteiger partial charge in [-0.3, -0.25) is 0 Å². The predicted molar refractivity (Wildman–Crippen MR) is 98.0 cm³/mol. The molecule has 0 aromatic carbocycles. The van der Waals surface area contributed by atoms with Crippen molar-refractivity contribution in [3.05, 3.63) is 23.4 Å². The lowest BCUT2D eigenvalue weighted by Crippen LogP contribution is -2.38. The zero-order valence-corrected chi connectivity index (χ0v) is 16.5. The number of carbonyl (C=O) groups is 1. The van der Waals surface area contributed by atoms with E-state index in [2.05, 4.69) is 4.98 Å². The highest BCUT2D eigenvalue weighted by atomic mass is 32.2. The predicted octanol–water partition coefficient (Wildman–Crippen LogP) is 1.74. The Kier molecular flexibility index (Phi) is 4.59. The van der Waals surface area contributed by atoms with Crippen molar-refractivity contribution in [1.29, 1.82) is 0 Å². The molecule has 0 saturated heterocycles. The smallest absolute Gasteiger partial charge is 0.410 e. The van der Waals surface area contributed by atoms with Gasteiger partial charge in [0, 0.05) is 38.4 Å². The van der Waals surface area contributed by atoms with Crippen LogP contribution >= 0.6 is 0 Å². The zero-order chi connectivity index (χ0) is 19.2. The minimum absolute atomic E-state index is 0.305. The Balaban J connectivity index is 1.38. The van der Waals surface area contributed by atoms with Crippen LogP contribution in [-0.4, -0.2) is 69.5 Å². The molecule has 27 heavy (non-hydrogen) atoms. The average Bonchev–Trinajstić information content (AvgIpc) is 3.18. The van der Waals surface area contributed by atoms with Crippen LogP contribution in [0.3, 0.4) is 0 Å². The number of aromatic nitrogens is 1. The van der Waals surface area contributed by atoms with Crippen molar-refractivity contribution < 1.29 is 23.2 Å². The summed E-state index contributed by atoms with van der Waals surface area (Å²) >= 11 is 0. The Morgan fingerprint density at radius 3 is 2.48 bits per heavy atom. The van der Waals surface area contributed by atoms with Gasteiger partial charge in [0.25, 0.3) is 5.88 Å². The normalized spacial score (nSPS) is 20.6. The molecule has 3 aliphatic rings. The third-order valence-electron chi connectivity index (χ3n) is 4.46. The van der Waals surface area contributed by atoms with Crippen molar-refractivity contribution >= 4 is 17.1 Å². The SMILES string of the molecule is CC(C)(C)OC(=O)N1CC2=C(C1)CN(S(=O)c1cnc3c(c1)OCCO3)C2. The van der Waals surface area contributed by atoms with Crippen molar-refractivity contribution in [2.75, 3.05) is 39.4 Å². The maximum Gasteiger partial charge on any atom is 0.410 e. The lowest BCUT2D eigenvalue weighted by atomic mass is 10.2. The van der Waals surface area contributed by atoms with Gasteiger partial charge in [0.15, 0.2) is 5.75 Å². The lowest BCUT2D eigenvalue weighted by molar-refractivity contribution is 0.0295. The van der Waals surface area contributed by atoms with Crippen molar-refractivity contribution in [1.82, 2.24) is 14.2 Å². The molecular formula is C18H23N3O5S. The van der Waals surface area contributed by atoms with Gasteiger partial charge in [-0.05, 0) is 31.9 Å². The molecule has 0 saturated carbocycles. The van der Waals surface area contributed by atoms with Crippen LogP contribution in [-0.2, 0) is 15.7 Å². The van der Waals surface area contributed by atoms with E-state index in [0.717, 1.165) is 11.1 Å². The van der Waals surface area contributed by atoms with E-state index < -0.39 is 16.6 Å². The molecule has 0 aliphatic carbocycles. The third kappa shape index (κ3) is 3.79. The van der Waals surface area contributed by atoms with E-state index in [1.807, 2.05) is 25.1 Å². The van der Waals surface area contributed by atoms with Gasteiger partial charge in [-0.1, -0.05) is 0 Å². The second kappa shape index (κ2) is 6.79. The van der Waals surface area contributed by atoms with Crippen LogP contribution in [0.2, 0.25) is 0 Å². The van der Waals surface area contributed by atoms with E-state index in [0.29, 0.717) is 55.9 Å². The molecule has 0 radical (unpaired) electrons. The molecule has 0 N–H and O–H groups in total. The minimum Gasteiger partial charge on any atom is -0.484 e. The number of amides is 1. The van der Waals surface area contributed by atoms with Gasteiger partial charge in [-0.2, -0.15) is 0 Å². The Labute approximate surface area is 160 Å². The quantitative estimate of drug-likeness (QED) is 0.712. The first kappa shape index (κ1) is 18.2. The Hall–Kier alpha value is -2.13. The van der Waals surface area contributed by atoms with Gasteiger partial charge >= 0.3 is 6.09 Å². The van der Waals surface area contributed by atoms with Crippen molar-refractivity contribution in [2.24, 2.45) is 0 Å². The first-order valence-electron chi connectivity index (χ1n) is 8.90. The number of rotatable bonds is 2. The highest BCUT2D eigenvalue weighted by Gasteiger charge is 2.36. The summed E-state index contributed by atoms with van der Waals surface area (Å²) in [5.74, 6) is 0.972. The van der Waals surface area contributed by atoms with E-state index in [1.54, 1.807) is 17.2 Å². The number of fused-ring (bicyclic) bond motifs is 1. The van der Waals surface area contributed by atoms with Crippen LogP contribution in [0.5, 0.6) is 11.6 Å². The van der Waals surface area contributed by atoms with Crippen LogP contribution in [0.25, 0.3) is 0 Å².